The molecule has 4 heteroatoms. The molecular formula is C11H15BrN2O. The van der Waals surface area contributed by atoms with Crippen molar-refractivity contribution < 1.29 is 0 Å². The average Bonchev–Trinajstić information content (AvgIpc) is 2.76. The maximum absolute atomic E-state index is 11.4. The smallest absolute Gasteiger partial charge is 0.266 e. The molecule has 0 bridgehead atoms. The summed E-state index contributed by atoms with van der Waals surface area (Å²) in [5.74, 6) is 0.755. The number of hydrogen-bond acceptors (Lipinski definition) is 2. The van der Waals surface area contributed by atoms with Gasteiger partial charge in [-0.25, -0.2) is 4.68 Å². The predicted octanol–water partition coefficient (Wildman–Crippen LogP) is 2.44. The van der Waals surface area contributed by atoms with E-state index in [1.807, 2.05) is 0 Å². The standard InChI is InChI=1S/C11H15BrN2O/c1-11(2)7-8(11)5-6-14-10(15)4-3-9(12)13-14/h3-4,8H,5-7H2,1-2H3. The van der Waals surface area contributed by atoms with Crippen molar-refractivity contribution in [2.45, 2.75) is 33.2 Å². The Bertz CT molecular complexity index is 425. The molecule has 3 nitrogen and oxygen atoms in total. The molecular weight excluding hydrogens is 256 g/mol. The molecule has 0 N–H and O–H groups in total. The molecule has 0 aromatic carbocycles. The maximum Gasteiger partial charge on any atom is 0.266 e. The SMILES string of the molecule is CC1(C)CC1CCn1nc(Br)ccc1=O. The Hall–Kier alpha value is -0.640. The molecule has 1 atom stereocenters. The Labute approximate surface area is 97.6 Å². The van der Waals surface area contributed by atoms with Gasteiger partial charge in [0.15, 0.2) is 0 Å². The monoisotopic (exact) mass is 270 g/mol. The first-order valence-electron chi connectivity index (χ1n) is 5.23. The largest absolute Gasteiger partial charge is 0.268 e. The minimum absolute atomic E-state index is 0.0170. The summed E-state index contributed by atoms with van der Waals surface area (Å²) in [4.78, 5) is 11.4. The first kappa shape index (κ1) is 10.9. The maximum atomic E-state index is 11.4. The first-order chi connectivity index (χ1) is 6.99. The highest BCUT2D eigenvalue weighted by Crippen LogP contribution is 2.53. The minimum atomic E-state index is -0.0170. The Balaban J connectivity index is 2.00. The van der Waals surface area contributed by atoms with Crippen LogP contribution in [0.25, 0.3) is 0 Å². The summed E-state index contributed by atoms with van der Waals surface area (Å²) in [7, 11) is 0. The predicted molar refractivity (Wildman–Crippen MR) is 62.7 cm³/mol. The van der Waals surface area contributed by atoms with Crippen molar-refractivity contribution in [1.29, 1.82) is 0 Å². The van der Waals surface area contributed by atoms with E-state index in [0.717, 1.165) is 23.5 Å². The highest BCUT2D eigenvalue weighted by molar-refractivity contribution is 9.10. The van der Waals surface area contributed by atoms with E-state index in [-0.39, 0.29) is 5.56 Å². The van der Waals surface area contributed by atoms with E-state index in [9.17, 15) is 4.79 Å². The van der Waals surface area contributed by atoms with Gasteiger partial charge in [0.25, 0.3) is 5.56 Å². The summed E-state index contributed by atoms with van der Waals surface area (Å²) >= 11 is 3.27. The van der Waals surface area contributed by atoms with Crippen molar-refractivity contribution >= 4 is 15.9 Å². The summed E-state index contributed by atoms with van der Waals surface area (Å²) in [6.45, 7) is 5.27. The average molecular weight is 271 g/mol. The van der Waals surface area contributed by atoms with Gasteiger partial charge in [0.2, 0.25) is 0 Å². The zero-order valence-electron chi connectivity index (χ0n) is 9.03. The Morgan fingerprint density at radius 2 is 2.27 bits per heavy atom. The zero-order chi connectivity index (χ0) is 11.1. The van der Waals surface area contributed by atoms with Crippen LogP contribution >= 0.6 is 15.9 Å². The van der Waals surface area contributed by atoms with E-state index in [1.54, 1.807) is 16.8 Å². The molecule has 1 aliphatic rings. The van der Waals surface area contributed by atoms with Crippen molar-refractivity contribution in [1.82, 2.24) is 9.78 Å². The van der Waals surface area contributed by atoms with Gasteiger partial charge >= 0.3 is 0 Å². The van der Waals surface area contributed by atoms with Crippen LogP contribution in [0.2, 0.25) is 0 Å². The van der Waals surface area contributed by atoms with Crippen LogP contribution in [-0.2, 0) is 6.54 Å². The van der Waals surface area contributed by atoms with E-state index in [0.29, 0.717) is 5.41 Å². The number of hydrogen-bond donors (Lipinski definition) is 0. The van der Waals surface area contributed by atoms with Gasteiger partial charge < -0.3 is 0 Å². The normalized spacial score (nSPS) is 22.7. The lowest BCUT2D eigenvalue weighted by Crippen LogP contribution is -2.22. The highest BCUT2D eigenvalue weighted by Gasteiger charge is 2.44. The molecule has 1 saturated carbocycles. The van der Waals surface area contributed by atoms with E-state index in [2.05, 4.69) is 34.9 Å². The molecule has 0 amide bonds. The van der Waals surface area contributed by atoms with Crippen LogP contribution in [0.5, 0.6) is 0 Å². The Kier molecular flexibility index (Phi) is 2.71. The Morgan fingerprint density at radius 3 is 2.87 bits per heavy atom. The van der Waals surface area contributed by atoms with Crippen LogP contribution in [0.4, 0.5) is 0 Å². The van der Waals surface area contributed by atoms with Crippen molar-refractivity contribution in [2.24, 2.45) is 11.3 Å². The highest BCUT2D eigenvalue weighted by atomic mass is 79.9. The third-order valence-electron chi connectivity index (χ3n) is 3.24. The fraction of sp³-hybridized carbons (Fsp3) is 0.636. The van der Waals surface area contributed by atoms with Gasteiger partial charge in [0, 0.05) is 12.6 Å². The fourth-order valence-electron chi connectivity index (χ4n) is 1.93. The topological polar surface area (TPSA) is 34.9 Å². The number of nitrogens with zero attached hydrogens (tertiary/aromatic N) is 2. The second-order valence-corrected chi connectivity index (χ2v) is 5.71. The summed E-state index contributed by atoms with van der Waals surface area (Å²) < 4.78 is 2.26. The van der Waals surface area contributed by atoms with Crippen molar-refractivity contribution in [3.05, 3.63) is 27.1 Å². The lowest BCUT2D eigenvalue weighted by Gasteiger charge is -2.05. The molecule has 0 spiro atoms. The lowest BCUT2D eigenvalue weighted by atomic mass is 10.1. The van der Waals surface area contributed by atoms with Crippen LogP contribution in [0, 0.1) is 11.3 Å². The molecule has 1 aliphatic carbocycles. The van der Waals surface area contributed by atoms with Gasteiger partial charge in [-0.3, -0.25) is 4.79 Å². The second-order valence-electron chi connectivity index (χ2n) is 4.90. The van der Waals surface area contributed by atoms with Crippen molar-refractivity contribution in [3.8, 4) is 0 Å². The van der Waals surface area contributed by atoms with Crippen LogP contribution in [0.15, 0.2) is 21.5 Å². The molecule has 2 rings (SSSR count). The summed E-state index contributed by atoms with van der Waals surface area (Å²) in [5, 5.41) is 4.14. The molecule has 1 fully saturated rings. The third kappa shape index (κ3) is 2.48. The van der Waals surface area contributed by atoms with E-state index in [1.165, 1.54) is 6.42 Å². The first-order valence-corrected chi connectivity index (χ1v) is 6.02. The molecule has 0 aliphatic heterocycles. The molecule has 0 radical (unpaired) electrons. The molecule has 15 heavy (non-hydrogen) atoms. The molecule has 82 valence electrons. The molecule has 1 unspecified atom stereocenters. The minimum Gasteiger partial charge on any atom is -0.268 e. The number of rotatable bonds is 3. The van der Waals surface area contributed by atoms with Crippen molar-refractivity contribution in [2.75, 3.05) is 0 Å². The van der Waals surface area contributed by atoms with Gasteiger partial charge in [-0.2, -0.15) is 5.10 Å². The van der Waals surface area contributed by atoms with Crippen LogP contribution in [-0.4, -0.2) is 9.78 Å². The quantitative estimate of drug-likeness (QED) is 0.846. The van der Waals surface area contributed by atoms with Gasteiger partial charge in [-0.05, 0) is 46.2 Å². The van der Waals surface area contributed by atoms with Gasteiger partial charge in [-0.15, -0.1) is 0 Å². The Morgan fingerprint density at radius 1 is 1.60 bits per heavy atom. The summed E-state index contributed by atoms with van der Waals surface area (Å²) in [6, 6.07) is 3.23. The van der Waals surface area contributed by atoms with Gasteiger partial charge in [0.05, 0.1) is 0 Å². The molecule has 0 saturated heterocycles. The molecule has 1 aromatic heterocycles. The third-order valence-corrected chi connectivity index (χ3v) is 3.66. The summed E-state index contributed by atoms with van der Waals surface area (Å²) in [5.41, 5.74) is 0.465. The van der Waals surface area contributed by atoms with Crippen LogP contribution < -0.4 is 5.56 Å². The van der Waals surface area contributed by atoms with E-state index in [4.69, 9.17) is 0 Å². The lowest BCUT2D eigenvalue weighted by molar-refractivity contribution is 0.463. The van der Waals surface area contributed by atoms with E-state index >= 15 is 0 Å². The number of halogens is 1. The van der Waals surface area contributed by atoms with Gasteiger partial charge in [0.1, 0.15) is 4.60 Å². The van der Waals surface area contributed by atoms with Gasteiger partial charge in [-0.1, -0.05) is 13.8 Å². The molecule has 1 aromatic rings. The second kappa shape index (κ2) is 3.74. The van der Waals surface area contributed by atoms with Crippen LogP contribution in [0.3, 0.4) is 0 Å². The number of aryl methyl sites for hydroxylation is 1. The van der Waals surface area contributed by atoms with Crippen molar-refractivity contribution in [3.63, 3.8) is 0 Å². The summed E-state index contributed by atoms with van der Waals surface area (Å²) in [6.07, 6.45) is 2.33. The molecule has 1 heterocycles. The fourth-order valence-corrected chi connectivity index (χ4v) is 2.25. The number of aromatic nitrogens is 2. The zero-order valence-corrected chi connectivity index (χ0v) is 10.6. The van der Waals surface area contributed by atoms with Crippen LogP contribution in [0.1, 0.15) is 26.7 Å². The van der Waals surface area contributed by atoms with E-state index < -0.39 is 0 Å².